The highest BCUT2D eigenvalue weighted by Gasteiger charge is 2.30. The van der Waals surface area contributed by atoms with Gasteiger partial charge in [0.2, 0.25) is 10.0 Å². The number of aryl methyl sites for hydroxylation is 1. The van der Waals surface area contributed by atoms with Crippen LogP contribution in [0.4, 0.5) is 5.82 Å². The van der Waals surface area contributed by atoms with Crippen molar-refractivity contribution in [3.05, 3.63) is 5.76 Å². The number of aromatic nitrogens is 1. The highest BCUT2D eigenvalue weighted by Crippen LogP contribution is 2.23. The predicted octanol–water partition coefficient (Wildman–Crippen LogP) is -0.158. The molecule has 0 amide bonds. The molecular weight excluding hydrogens is 256 g/mol. The molecule has 4 N–H and O–H groups in total. The maximum atomic E-state index is 12.2. The second-order valence-corrected chi connectivity index (χ2v) is 6.30. The Hall–Kier alpha value is -1.12. The Labute approximate surface area is 106 Å². The van der Waals surface area contributed by atoms with E-state index in [1.54, 1.807) is 0 Å². The van der Waals surface area contributed by atoms with Gasteiger partial charge in [-0.1, -0.05) is 12.1 Å². The van der Waals surface area contributed by atoms with Crippen LogP contribution in [0.3, 0.4) is 0 Å². The van der Waals surface area contributed by atoms with Crippen LogP contribution in [0.25, 0.3) is 0 Å². The first-order valence-corrected chi connectivity index (χ1v) is 7.35. The van der Waals surface area contributed by atoms with E-state index in [0.29, 0.717) is 0 Å². The van der Waals surface area contributed by atoms with E-state index in [-0.39, 0.29) is 28.4 Å². The Morgan fingerprint density at radius 1 is 1.56 bits per heavy atom. The standard InChI is InChI=1S/C10H18N4O3S/c1-6-5-12-4-3-8(6)14-18(15,16)9-7(2)17-13-10(9)11/h6,8,12,14H,3-5H2,1-2H3,(H2,11,13). The third kappa shape index (κ3) is 2.50. The van der Waals surface area contributed by atoms with Crippen molar-refractivity contribution in [1.29, 1.82) is 0 Å². The normalized spacial score (nSPS) is 25.2. The van der Waals surface area contributed by atoms with E-state index in [2.05, 4.69) is 15.2 Å². The van der Waals surface area contributed by atoms with Crippen LogP contribution >= 0.6 is 0 Å². The summed E-state index contributed by atoms with van der Waals surface area (Å²) in [7, 11) is -3.67. The Kier molecular flexibility index (Phi) is 3.60. The van der Waals surface area contributed by atoms with Gasteiger partial charge in [-0.15, -0.1) is 0 Å². The fourth-order valence-electron chi connectivity index (χ4n) is 2.16. The van der Waals surface area contributed by atoms with Gasteiger partial charge in [0, 0.05) is 6.04 Å². The van der Waals surface area contributed by atoms with E-state index in [9.17, 15) is 8.42 Å². The first kappa shape index (κ1) is 13.3. The molecule has 0 spiro atoms. The zero-order chi connectivity index (χ0) is 13.3. The number of nitrogens with one attached hydrogen (secondary N) is 2. The topological polar surface area (TPSA) is 110 Å². The van der Waals surface area contributed by atoms with E-state index in [1.165, 1.54) is 6.92 Å². The van der Waals surface area contributed by atoms with Gasteiger partial charge in [0.25, 0.3) is 0 Å². The maximum absolute atomic E-state index is 12.2. The molecule has 102 valence electrons. The summed E-state index contributed by atoms with van der Waals surface area (Å²) >= 11 is 0. The van der Waals surface area contributed by atoms with E-state index < -0.39 is 10.0 Å². The number of anilines is 1. The largest absolute Gasteiger partial charge is 0.380 e. The van der Waals surface area contributed by atoms with Gasteiger partial charge in [-0.2, -0.15) is 0 Å². The zero-order valence-corrected chi connectivity index (χ0v) is 11.3. The molecule has 1 aliphatic rings. The summed E-state index contributed by atoms with van der Waals surface area (Å²) in [6, 6.07) is -0.0926. The van der Waals surface area contributed by atoms with Crippen LogP contribution in [0.5, 0.6) is 0 Å². The summed E-state index contributed by atoms with van der Waals surface area (Å²) in [6.45, 7) is 5.13. The summed E-state index contributed by atoms with van der Waals surface area (Å²) in [6.07, 6.45) is 0.755. The van der Waals surface area contributed by atoms with Crippen LogP contribution in [0.2, 0.25) is 0 Å². The quantitative estimate of drug-likeness (QED) is 0.706. The SMILES string of the molecule is Cc1onc(N)c1S(=O)(=O)NC1CCNCC1C. The summed E-state index contributed by atoms with van der Waals surface area (Å²) in [4.78, 5) is -0.0479. The van der Waals surface area contributed by atoms with Crippen molar-refractivity contribution < 1.29 is 12.9 Å². The molecule has 2 rings (SSSR count). The molecule has 1 fully saturated rings. The fourth-order valence-corrected chi connectivity index (χ4v) is 3.75. The van der Waals surface area contributed by atoms with E-state index in [1.807, 2.05) is 6.92 Å². The molecule has 2 unspecified atom stereocenters. The average molecular weight is 274 g/mol. The van der Waals surface area contributed by atoms with Crippen molar-refractivity contribution in [3.8, 4) is 0 Å². The number of nitrogen functional groups attached to an aromatic ring is 1. The minimum atomic E-state index is -3.67. The highest BCUT2D eigenvalue weighted by molar-refractivity contribution is 7.89. The van der Waals surface area contributed by atoms with Gasteiger partial charge in [-0.05, 0) is 32.4 Å². The highest BCUT2D eigenvalue weighted by atomic mass is 32.2. The number of hydrogen-bond acceptors (Lipinski definition) is 6. The average Bonchev–Trinajstić information content (AvgIpc) is 2.62. The number of piperidine rings is 1. The van der Waals surface area contributed by atoms with Crippen LogP contribution in [0.15, 0.2) is 9.42 Å². The second-order valence-electron chi connectivity index (χ2n) is 4.65. The Bertz CT molecular complexity index is 506. The van der Waals surface area contributed by atoms with E-state index in [0.717, 1.165) is 19.5 Å². The second kappa shape index (κ2) is 4.87. The van der Waals surface area contributed by atoms with Crippen LogP contribution in [-0.4, -0.2) is 32.7 Å². The van der Waals surface area contributed by atoms with Crippen LogP contribution in [0, 0.1) is 12.8 Å². The molecule has 0 radical (unpaired) electrons. The number of nitrogens with two attached hydrogens (primary N) is 1. The third-order valence-electron chi connectivity index (χ3n) is 3.19. The number of sulfonamides is 1. The summed E-state index contributed by atoms with van der Waals surface area (Å²) in [5.41, 5.74) is 5.53. The van der Waals surface area contributed by atoms with Crippen molar-refractivity contribution in [3.63, 3.8) is 0 Å². The molecule has 2 heterocycles. The number of rotatable bonds is 3. The molecule has 1 aromatic rings. The van der Waals surface area contributed by atoms with E-state index in [4.69, 9.17) is 10.3 Å². The molecule has 0 bridgehead atoms. The summed E-state index contributed by atoms with van der Waals surface area (Å²) in [5, 5.41) is 6.68. The van der Waals surface area contributed by atoms with Crippen molar-refractivity contribution >= 4 is 15.8 Å². The van der Waals surface area contributed by atoms with Crippen LogP contribution in [-0.2, 0) is 10.0 Å². The monoisotopic (exact) mass is 274 g/mol. The van der Waals surface area contributed by atoms with E-state index >= 15 is 0 Å². The van der Waals surface area contributed by atoms with Gasteiger partial charge < -0.3 is 15.6 Å². The first-order valence-electron chi connectivity index (χ1n) is 5.86. The number of nitrogens with zero attached hydrogens (tertiary/aromatic N) is 1. The lowest BCUT2D eigenvalue weighted by Crippen LogP contribution is -2.48. The van der Waals surface area contributed by atoms with Crippen LogP contribution < -0.4 is 15.8 Å². The zero-order valence-electron chi connectivity index (χ0n) is 10.4. The third-order valence-corrected chi connectivity index (χ3v) is 4.84. The molecule has 0 aromatic carbocycles. The van der Waals surface area contributed by atoms with Crippen molar-refractivity contribution in [2.24, 2.45) is 5.92 Å². The molecule has 2 atom stereocenters. The Morgan fingerprint density at radius 3 is 2.83 bits per heavy atom. The molecular formula is C10H18N4O3S. The molecule has 1 saturated heterocycles. The molecule has 18 heavy (non-hydrogen) atoms. The van der Waals surface area contributed by atoms with Gasteiger partial charge >= 0.3 is 0 Å². The minimum Gasteiger partial charge on any atom is -0.380 e. The van der Waals surface area contributed by atoms with Crippen LogP contribution in [0.1, 0.15) is 19.1 Å². The Balaban J connectivity index is 2.22. The molecule has 8 heteroatoms. The lowest BCUT2D eigenvalue weighted by Gasteiger charge is -2.29. The fraction of sp³-hybridized carbons (Fsp3) is 0.700. The molecule has 0 saturated carbocycles. The summed E-state index contributed by atoms with van der Waals surface area (Å²) in [5.74, 6) is 0.345. The van der Waals surface area contributed by atoms with Gasteiger partial charge in [-0.25, -0.2) is 13.1 Å². The minimum absolute atomic E-state index is 0.0479. The molecule has 7 nitrogen and oxygen atoms in total. The predicted molar refractivity (Wildman–Crippen MR) is 66.4 cm³/mol. The Morgan fingerprint density at radius 2 is 2.28 bits per heavy atom. The maximum Gasteiger partial charge on any atom is 0.248 e. The molecule has 0 aliphatic carbocycles. The van der Waals surface area contributed by atoms with Gasteiger partial charge in [-0.3, -0.25) is 0 Å². The first-order chi connectivity index (χ1) is 8.42. The van der Waals surface area contributed by atoms with Gasteiger partial charge in [0.1, 0.15) is 0 Å². The molecule has 1 aliphatic heterocycles. The van der Waals surface area contributed by atoms with Crippen molar-refractivity contribution in [2.45, 2.75) is 31.2 Å². The molecule has 1 aromatic heterocycles. The van der Waals surface area contributed by atoms with Crippen molar-refractivity contribution in [1.82, 2.24) is 15.2 Å². The summed E-state index contributed by atoms with van der Waals surface area (Å²) < 4.78 is 31.9. The van der Waals surface area contributed by atoms with Gasteiger partial charge in [0.15, 0.2) is 16.5 Å². The van der Waals surface area contributed by atoms with Gasteiger partial charge in [0.05, 0.1) is 0 Å². The van der Waals surface area contributed by atoms with Crippen molar-refractivity contribution in [2.75, 3.05) is 18.8 Å². The lowest BCUT2D eigenvalue weighted by molar-refractivity contribution is 0.328. The lowest BCUT2D eigenvalue weighted by atomic mass is 9.97. The number of hydrogen-bond donors (Lipinski definition) is 3. The smallest absolute Gasteiger partial charge is 0.248 e.